The Kier molecular flexibility index (Phi) is 4.74. The summed E-state index contributed by atoms with van der Waals surface area (Å²) < 4.78 is 10.2. The topological polar surface area (TPSA) is 98.8 Å². The third-order valence-corrected chi connectivity index (χ3v) is 1.98. The van der Waals surface area contributed by atoms with Gasteiger partial charge in [0.15, 0.2) is 18.1 Å². The number of methoxy groups -OCH3 is 1. The highest BCUT2D eigenvalue weighted by molar-refractivity contribution is 5.85. The molecule has 0 aliphatic heterocycles. The first-order valence-corrected chi connectivity index (χ1v) is 5.03. The number of primary amides is 1. The summed E-state index contributed by atoms with van der Waals surface area (Å²) in [5.74, 6) is -0.901. The number of nitrogens with two attached hydrogens (primary N) is 1. The minimum atomic E-state index is -1.05. The van der Waals surface area contributed by atoms with Crippen LogP contribution in [0.2, 0.25) is 0 Å². The number of carbonyl (C=O) groups excluding carboxylic acids is 1. The Hall–Kier alpha value is -2.50. The second kappa shape index (κ2) is 6.29. The third-order valence-electron chi connectivity index (χ3n) is 1.98. The summed E-state index contributed by atoms with van der Waals surface area (Å²) in [5, 5.41) is 8.52. The maximum Gasteiger partial charge on any atom is 0.328 e. The second-order valence-corrected chi connectivity index (χ2v) is 3.34. The zero-order valence-electron chi connectivity index (χ0n) is 9.75. The van der Waals surface area contributed by atoms with Gasteiger partial charge in [-0.15, -0.1) is 0 Å². The Balaban J connectivity index is 2.93. The van der Waals surface area contributed by atoms with Crippen molar-refractivity contribution in [1.29, 1.82) is 0 Å². The molecule has 96 valence electrons. The molecular formula is C12H13NO5. The van der Waals surface area contributed by atoms with Crippen molar-refractivity contribution in [3.05, 3.63) is 29.8 Å². The van der Waals surface area contributed by atoms with E-state index in [0.29, 0.717) is 17.1 Å². The number of rotatable bonds is 6. The van der Waals surface area contributed by atoms with Gasteiger partial charge < -0.3 is 20.3 Å². The summed E-state index contributed by atoms with van der Waals surface area (Å²) in [4.78, 5) is 21.0. The quantitative estimate of drug-likeness (QED) is 0.723. The van der Waals surface area contributed by atoms with Crippen molar-refractivity contribution in [3.63, 3.8) is 0 Å². The molecule has 0 radical (unpaired) electrons. The predicted molar refractivity (Wildman–Crippen MR) is 64.4 cm³/mol. The number of amides is 1. The maximum absolute atomic E-state index is 10.6. The van der Waals surface area contributed by atoms with Crippen molar-refractivity contribution < 1.29 is 24.2 Å². The average Bonchev–Trinajstić information content (AvgIpc) is 2.33. The van der Waals surface area contributed by atoms with E-state index < -0.39 is 11.9 Å². The highest BCUT2D eigenvalue weighted by atomic mass is 16.5. The first-order chi connectivity index (χ1) is 8.52. The van der Waals surface area contributed by atoms with E-state index in [0.717, 1.165) is 6.08 Å². The van der Waals surface area contributed by atoms with Gasteiger partial charge in [-0.1, -0.05) is 6.07 Å². The Bertz CT molecular complexity index is 481. The van der Waals surface area contributed by atoms with Gasteiger partial charge >= 0.3 is 5.97 Å². The molecule has 0 bridgehead atoms. The van der Waals surface area contributed by atoms with E-state index in [1.54, 1.807) is 18.2 Å². The molecule has 0 saturated heterocycles. The lowest BCUT2D eigenvalue weighted by atomic mass is 10.2. The Labute approximate surface area is 104 Å². The van der Waals surface area contributed by atoms with Crippen LogP contribution in [-0.4, -0.2) is 30.7 Å². The molecule has 0 spiro atoms. The SMILES string of the molecule is COc1ccc(/C=C/C(=O)O)cc1OCC(N)=O. The highest BCUT2D eigenvalue weighted by Crippen LogP contribution is 2.28. The Morgan fingerprint density at radius 1 is 1.39 bits per heavy atom. The van der Waals surface area contributed by atoms with E-state index >= 15 is 0 Å². The van der Waals surface area contributed by atoms with Crippen LogP contribution >= 0.6 is 0 Å². The van der Waals surface area contributed by atoms with Crippen LogP contribution in [0.3, 0.4) is 0 Å². The first-order valence-electron chi connectivity index (χ1n) is 5.03. The number of carboxylic acid groups (broad SMARTS) is 1. The van der Waals surface area contributed by atoms with Gasteiger partial charge in [-0.25, -0.2) is 4.79 Å². The fourth-order valence-electron chi connectivity index (χ4n) is 1.23. The molecule has 18 heavy (non-hydrogen) atoms. The number of hydrogen-bond donors (Lipinski definition) is 2. The number of aliphatic carboxylic acids is 1. The van der Waals surface area contributed by atoms with Gasteiger partial charge in [0.1, 0.15) is 0 Å². The molecule has 0 unspecified atom stereocenters. The van der Waals surface area contributed by atoms with Crippen LogP contribution in [0.1, 0.15) is 5.56 Å². The summed E-state index contributed by atoms with van der Waals surface area (Å²) in [7, 11) is 1.46. The number of carbonyl (C=O) groups is 2. The maximum atomic E-state index is 10.6. The van der Waals surface area contributed by atoms with Crippen LogP contribution in [0.5, 0.6) is 11.5 Å². The van der Waals surface area contributed by atoms with Crippen LogP contribution in [0.15, 0.2) is 24.3 Å². The summed E-state index contributed by atoms with van der Waals surface area (Å²) in [6.45, 7) is -0.275. The summed E-state index contributed by atoms with van der Waals surface area (Å²) in [6, 6.07) is 4.83. The van der Waals surface area contributed by atoms with E-state index in [-0.39, 0.29) is 6.61 Å². The van der Waals surface area contributed by atoms with Crippen molar-refractivity contribution >= 4 is 18.0 Å². The standard InChI is InChI=1S/C12H13NO5/c1-17-9-4-2-8(3-5-12(15)16)6-10(9)18-7-11(13)14/h2-6H,7H2,1H3,(H2,13,14)(H,15,16)/b5-3+. The highest BCUT2D eigenvalue weighted by Gasteiger charge is 2.06. The van der Waals surface area contributed by atoms with Crippen LogP contribution in [0.4, 0.5) is 0 Å². The second-order valence-electron chi connectivity index (χ2n) is 3.34. The Morgan fingerprint density at radius 2 is 2.11 bits per heavy atom. The molecule has 0 aliphatic carbocycles. The van der Waals surface area contributed by atoms with Gasteiger partial charge in [-0.2, -0.15) is 0 Å². The lowest BCUT2D eigenvalue weighted by Crippen LogP contribution is -2.20. The summed E-state index contributed by atoms with van der Waals surface area (Å²) in [5.41, 5.74) is 5.58. The van der Waals surface area contributed by atoms with Gasteiger partial charge in [-0.3, -0.25) is 4.79 Å². The zero-order chi connectivity index (χ0) is 13.5. The van der Waals surface area contributed by atoms with Gasteiger partial charge in [0.25, 0.3) is 5.91 Å². The Morgan fingerprint density at radius 3 is 2.67 bits per heavy atom. The van der Waals surface area contributed by atoms with E-state index in [1.165, 1.54) is 13.2 Å². The number of carboxylic acids is 1. The molecule has 1 aromatic carbocycles. The fraction of sp³-hybridized carbons (Fsp3) is 0.167. The van der Waals surface area contributed by atoms with Crippen LogP contribution < -0.4 is 15.2 Å². The predicted octanol–water partition coefficient (Wildman–Crippen LogP) is 0.657. The minimum Gasteiger partial charge on any atom is -0.493 e. The summed E-state index contributed by atoms with van der Waals surface area (Å²) in [6.07, 6.45) is 2.40. The first kappa shape index (κ1) is 13.6. The molecule has 1 rings (SSSR count). The molecule has 0 atom stereocenters. The number of ether oxygens (including phenoxy) is 2. The van der Waals surface area contributed by atoms with Crippen molar-refractivity contribution in [2.45, 2.75) is 0 Å². The van der Waals surface area contributed by atoms with Crippen LogP contribution in [-0.2, 0) is 9.59 Å². The molecule has 6 heteroatoms. The van der Waals surface area contributed by atoms with Crippen molar-refractivity contribution in [1.82, 2.24) is 0 Å². The van der Waals surface area contributed by atoms with Gasteiger partial charge in [0, 0.05) is 6.08 Å². The molecule has 1 amide bonds. The lowest BCUT2D eigenvalue weighted by molar-refractivity contribution is -0.131. The molecule has 0 saturated carbocycles. The van der Waals surface area contributed by atoms with E-state index in [9.17, 15) is 9.59 Å². The van der Waals surface area contributed by atoms with Crippen molar-refractivity contribution in [2.24, 2.45) is 5.73 Å². The smallest absolute Gasteiger partial charge is 0.328 e. The van der Waals surface area contributed by atoms with E-state index in [4.69, 9.17) is 20.3 Å². The lowest BCUT2D eigenvalue weighted by Gasteiger charge is -2.09. The van der Waals surface area contributed by atoms with Gasteiger partial charge in [-0.05, 0) is 23.8 Å². The normalized spacial score (nSPS) is 10.3. The number of hydrogen-bond acceptors (Lipinski definition) is 4. The molecule has 0 aliphatic rings. The van der Waals surface area contributed by atoms with Gasteiger partial charge in [0.2, 0.25) is 0 Å². The van der Waals surface area contributed by atoms with E-state index in [2.05, 4.69) is 0 Å². The molecule has 0 heterocycles. The zero-order valence-corrected chi connectivity index (χ0v) is 9.75. The monoisotopic (exact) mass is 251 g/mol. The third kappa shape index (κ3) is 4.17. The average molecular weight is 251 g/mol. The summed E-state index contributed by atoms with van der Waals surface area (Å²) >= 11 is 0. The number of benzene rings is 1. The van der Waals surface area contributed by atoms with Crippen molar-refractivity contribution in [2.75, 3.05) is 13.7 Å². The van der Waals surface area contributed by atoms with E-state index in [1.807, 2.05) is 0 Å². The molecule has 1 aromatic rings. The molecule has 6 nitrogen and oxygen atoms in total. The van der Waals surface area contributed by atoms with Crippen LogP contribution in [0.25, 0.3) is 6.08 Å². The molecular weight excluding hydrogens is 238 g/mol. The van der Waals surface area contributed by atoms with Crippen LogP contribution in [0, 0.1) is 0 Å². The molecule has 3 N–H and O–H groups in total. The largest absolute Gasteiger partial charge is 0.493 e. The minimum absolute atomic E-state index is 0.275. The van der Waals surface area contributed by atoms with Crippen molar-refractivity contribution in [3.8, 4) is 11.5 Å². The molecule has 0 aromatic heterocycles. The van der Waals surface area contributed by atoms with Gasteiger partial charge in [0.05, 0.1) is 7.11 Å². The fourth-order valence-corrected chi connectivity index (χ4v) is 1.23. The molecule has 0 fully saturated rings.